The van der Waals surface area contributed by atoms with Gasteiger partial charge in [0.1, 0.15) is 37.1 Å². The summed E-state index contributed by atoms with van der Waals surface area (Å²) in [6.07, 6.45) is 0. The van der Waals surface area contributed by atoms with E-state index in [1.54, 1.807) is 7.11 Å². The maximum atomic E-state index is 6.61. The predicted octanol–water partition coefficient (Wildman–Crippen LogP) is 5.64. The molecule has 3 heterocycles. The Morgan fingerprint density at radius 3 is 1.45 bits per heavy atom. The fourth-order valence-corrected chi connectivity index (χ4v) is 6.00. The molecule has 0 spiro atoms. The van der Waals surface area contributed by atoms with Crippen LogP contribution in [-0.2, 0) is 23.7 Å². The first-order valence-electron chi connectivity index (χ1n) is 18.9. The number of fused-ring (bicyclic) bond motifs is 20. The van der Waals surface area contributed by atoms with Gasteiger partial charge >= 0.3 is 0 Å². The van der Waals surface area contributed by atoms with E-state index in [0.29, 0.717) is 119 Å². The smallest absolute Gasteiger partial charge is 0.142 e. The molecule has 11 heteroatoms. The normalized spacial score (nSPS) is 17.7. The molecule has 0 radical (unpaired) electrons. The number of benzene rings is 3. The lowest BCUT2D eigenvalue weighted by atomic mass is 10.2. The largest absolute Gasteiger partial charge is 0.490 e. The monoisotopic (exact) mass is 710 g/mol. The Balaban J connectivity index is 0.00000297. The lowest BCUT2D eigenvalue weighted by Crippen LogP contribution is -2.34. The van der Waals surface area contributed by atoms with Crippen LogP contribution in [0.2, 0.25) is 0 Å². The molecule has 3 aliphatic heterocycles. The average Bonchev–Trinajstić information content (AvgIpc) is 3.15. The lowest BCUT2D eigenvalue weighted by molar-refractivity contribution is 0.0435. The molecule has 6 rings (SSSR count). The number of ether oxygens (including phenoxy) is 8. The molecule has 51 heavy (non-hydrogen) atoms. The maximum absolute atomic E-state index is 6.61. The van der Waals surface area contributed by atoms with Gasteiger partial charge in [-0.2, -0.15) is 0 Å². The van der Waals surface area contributed by atoms with Crippen LogP contribution in [-0.4, -0.2) is 126 Å². The first kappa shape index (κ1) is 38.5. The van der Waals surface area contributed by atoms with Crippen LogP contribution < -0.4 is 28.9 Å². The lowest BCUT2D eigenvalue weighted by Gasteiger charge is -2.29. The van der Waals surface area contributed by atoms with E-state index in [2.05, 4.69) is 71.0 Å². The Labute approximate surface area is 306 Å². The molecule has 0 atom stereocenters. The number of rotatable bonds is 5. The Bertz CT molecular complexity index is 1330. The average molecular weight is 711 g/mol. The van der Waals surface area contributed by atoms with Crippen molar-refractivity contribution in [2.24, 2.45) is 0 Å². The molecule has 3 aromatic carbocycles. The van der Waals surface area contributed by atoms with Gasteiger partial charge in [0.25, 0.3) is 0 Å². The summed E-state index contributed by atoms with van der Waals surface area (Å²) in [5.41, 5.74) is 5.27. The number of aryl methyl sites for hydroxylation is 2. The third kappa shape index (κ3) is 12.8. The molecule has 3 aromatic rings. The van der Waals surface area contributed by atoms with Gasteiger partial charge in [-0.05, 0) is 61.4 Å². The van der Waals surface area contributed by atoms with Gasteiger partial charge < -0.3 is 52.6 Å². The highest BCUT2D eigenvalue weighted by molar-refractivity contribution is 5.62. The minimum atomic E-state index is 0.459. The Morgan fingerprint density at radius 1 is 0.549 bits per heavy atom. The number of methoxy groups -OCH3 is 1. The quantitative estimate of drug-likeness (QED) is 0.244. The zero-order valence-electron chi connectivity index (χ0n) is 32.1. The van der Waals surface area contributed by atoms with Crippen LogP contribution in [0.15, 0.2) is 60.7 Å². The van der Waals surface area contributed by atoms with Gasteiger partial charge in [0.2, 0.25) is 0 Å². The van der Waals surface area contributed by atoms with Crippen molar-refractivity contribution < 1.29 is 39.3 Å². The van der Waals surface area contributed by atoms with Crippen LogP contribution in [0.4, 0.5) is 17.1 Å². The van der Waals surface area contributed by atoms with Gasteiger partial charge in [0.05, 0.1) is 89.6 Å². The second kappa shape index (κ2) is 22.3. The van der Waals surface area contributed by atoms with Crippen LogP contribution in [0.3, 0.4) is 0 Å². The summed E-state index contributed by atoms with van der Waals surface area (Å²) >= 11 is 0. The van der Waals surface area contributed by atoms with Crippen molar-refractivity contribution in [3.63, 3.8) is 0 Å². The molecule has 0 N–H and O–H groups in total. The van der Waals surface area contributed by atoms with E-state index in [1.165, 1.54) is 7.40 Å². The summed E-state index contributed by atoms with van der Waals surface area (Å²) in [5.74, 6) is 2.46. The SMILES string of the molecule is COCCOc1ccccc1N1CCOc2cc(C)ccc2N2CCOCCOCCN(CCOCCOCC2)c2ccc(C)cc2OCC1.[2H]C. The molecule has 0 aliphatic carbocycles. The van der Waals surface area contributed by atoms with Crippen molar-refractivity contribution in [2.75, 3.05) is 140 Å². The van der Waals surface area contributed by atoms with Crippen LogP contribution in [0.1, 0.15) is 19.9 Å². The van der Waals surface area contributed by atoms with Crippen molar-refractivity contribution in [1.82, 2.24) is 0 Å². The highest BCUT2D eigenvalue weighted by Gasteiger charge is 2.18. The zero-order chi connectivity index (χ0) is 36.8. The van der Waals surface area contributed by atoms with E-state index < -0.39 is 0 Å². The number of hydrogen-bond donors (Lipinski definition) is 0. The maximum Gasteiger partial charge on any atom is 0.142 e. The minimum absolute atomic E-state index is 0.459. The first-order valence-corrected chi connectivity index (χ1v) is 17.9. The Morgan fingerprint density at radius 2 is 0.980 bits per heavy atom. The highest BCUT2D eigenvalue weighted by Crippen LogP contribution is 2.33. The molecular weight excluding hydrogens is 650 g/mol. The molecule has 0 aromatic heterocycles. The topological polar surface area (TPSA) is 83.6 Å². The van der Waals surface area contributed by atoms with Gasteiger partial charge in [-0.25, -0.2) is 0 Å². The summed E-state index contributed by atoms with van der Waals surface area (Å²) in [4.78, 5) is 6.84. The van der Waals surface area contributed by atoms with Gasteiger partial charge in [-0.3, -0.25) is 0 Å². The van der Waals surface area contributed by atoms with E-state index in [1.807, 2.05) is 18.2 Å². The zero-order valence-corrected chi connectivity index (χ0v) is 31.1. The number of nitrogens with zero attached hydrogens (tertiary/aromatic N) is 3. The summed E-state index contributed by atoms with van der Waals surface area (Å²) in [5, 5.41) is 0. The summed E-state index contributed by atoms with van der Waals surface area (Å²) in [6.45, 7) is 14.4. The minimum Gasteiger partial charge on any atom is -0.490 e. The molecule has 2 bridgehead atoms. The van der Waals surface area contributed by atoms with E-state index in [9.17, 15) is 0 Å². The van der Waals surface area contributed by atoms with E-state index in [0.717, 1.165) is 45.4 Å². The van der Waals surface area contributed by atoms with E-state index in [4.69, 9.17) is 39.3 Å². The van der Waals surface area contributed by atoms with E-state index in [-0.39, 0.29) is 0 Å². The van der Waals surface area contributed by atoms with Crippen LogP contribution in [0, 0.1) is 13.8 Å². The van der Waals surface area contributed by atoms with Gasteiger partial charge in [-0.15, -0.1) is 0 Å². The van der Waals surface area contributed by atoms with Crippen molar-refractivity contribution in [3.8, 4) is 17.2 Å². The molecule has 11 nitrogen and oxygen atoms in total. The first-order chi connectivity index (χ1) is 25.6. The fourth-order valence-electron chi connectivity index (χ4n) is 6.00. The molecule has 282 valence electrons. The van der Waals surface area contributed by atoms with Crippen LogP contribution >= 0.6 is 0 Å². The number of anilines is 3. The van der Waals surface area contributed by atoms with Gasteiger partial charge in [0.15, 0.2) is 0 Å². The molecule has 0 amide bonds. The Kier molecular flexibility index (Phi) is 16.8. The molecular formula is C40H59N3O8. The van der Waals surface area contributed by atoms with Crippen molar-refractivity contribution in [3.05, 3.63) is 71.8 Å². The number of para-hydroxylation sites is 2. The Hall–Kier alpha value is -3.74. The summed E-state index contributed by atoms with van der Waals surface area (Å²) in [7, 11) is 2.93. The summed E-state index contributed by atoms with van der Waals surface area (Å²) < 4.78 is 54.6. The molecule has 0 saturated carbocycles. The van der Waals surface area contributed by atoms with Crippen LogP contribution in [0.25, 0.3) is 0 Å². The van der Waals surface area contributed by atoms with Crippen molar-refractivity contribution >= 4 is 17.1 Å². The van der Waals surface area contributed by atoms with Crippen molar-refractivity contribution in [2.45, 2.75) is 21.3 Å². The third-order valence-electron chi connectivity index (χ3n) is 8.67. The molecule has 1 saturated heterocycles. The van der Waals surface area contributed by atoms with Crippen LogP contribution in [0.5, 0.6) is 17.2 Å². The standard InChI is InChI=1S/C39H55N3O8.CH4/c1-32-8-10-35-38(30-32)48-22-16-42(34-6-4-5-7-37(34)50-29-24-43-3)17-23-49-39-31-33(2)9-11-36(39)41-14-20-46-27-25-44-18-12-40(35)13-19-45-26-28-47-21-15-41;/h4-11,30-31H,12-29H2,1-3H3;1H4/i;1D. The van der Waals surface area contributed by atoms with Crippen molar-refractivity contribution in [1.29, 1.82) is 0 Å². The molecule has 1 fully saturated rings. The van der Waals surface area contributed by atoms with Gasteiger partial charge in [0, 0.05) is 34.7 Å². The summed E-state index contributed by atoms with van der Waals surface area (Å²) in [6, 6.07) is 20.8. The van der Waals surface area contributed by atoms with Gasteiger partial charge in [-0.1, -0.05) is 31.7 Å². The second-order valence-corrected chi connectivity index (χ2v) is 12.4. The number of hydrogen-bond acceptors (Lipinski definition) is 11. The fraction of sp³-hybridized carbons (Fsp3) is 0.550. The molecule has 3 aliphatic rings. The van der Waals surface area contributed by atoms with E-state index >= 15 is 0 Å². The second-order valence-electron chi connectivity index (χ2n) is 12.4. The highest BCUT2D eigenvalue weighted by atomic mass is 16.5. The molecule has 0 unspecified atom stereocenters. The third-order valence-corrected chi connectivity index (χ3v) is 8.67. The predicted molar refractivity (Wildman–Crippen MR) is 204 cm³/mol.